The summed E-state index contributed by atoms with van der Waals surface area (Å²) in [5.74, 6) is -0.292. The van der Waals surface area contributed by atoms with Gasteiger partial charge in [0.25, 0.3) is 11.5 Å². The number of amides is 1. The van der Waals surface area contributed by atoms with Crippen molar-refractivity contribution in [2.75, 3.05) is 19.6 Å². The fourth-order valence-electron chi connectivity index (χ4n) is 2.72. The van der Waals surface area contributed by atoms with Crippen molar-refractivity contribution in [3.05, 3.63) is 50.3 Å². The molecule has 126 valence electrons. The maximum atomic E-state index is 12.3. The lowest BCUT2D eigenvalue weighted by Gasteiger charge is -2.14. The molecular formula is C16H19N5O3. The first-order valence-corrected chi connectivity index (χ1v) is 7.71. The third-order valence-electron chi connectivity index (χ3n) is 4.19. The maximum Gasteiger partial charge on any atom is 0.332 e. The monoisotopic (exact) mass is 329 g/mol. The van der Waals surface area contributed by atoms with Gasteiger partial charge in [-0.2, -0.15) is 0 Å². The van der Waals surface area contributed by atoms with Crippen molar-refractivity contribution in [2.45, 2.75) is 6.42 Å². The number of aromatic nitrogens is 3. The molecule has 2 aromatic heterocycles. The molecule has 1 aliphatic heterocycles. The Labute approximate surface area is 137 Å². The molecule has 0 aromatic carbocycles. The van der Waals surface area contributed by atoms with E-state index >= 15 is 0 Å². The van der Waals surface area contributed by atoms with Crippen molar-refractivity contribution in [3.8, 4) is 0 Å². The van der Waals surface area contributed by atoms with Crippen molar-refractivity contribution in [1.82, 2.24) is 24.8 Å². The van der Waals surface area contributed by atoms with E-state index in [1.807, 2.05) is 0 Å². The van der Waals surface area contributed by atoms with Crippen LogP contribution in [0.3, 0.4) is 0 Å². The molecular weight excluding hydrogens is 310 g/mol. The summed E-state index contributed by atoms with van der Waals surface area (Å²) >= 11 is 0. The highest BCUT2D eigenvalue weighted by Gasteiger charge is 2.14. The molecule has 2 N–H and O–H groups in total. The van der Waals surface area contributed by atoms with Gasteiger partial charge in [0, 0.05) is 33.4 Å². The largest absolute Gasteiger partial charge is 0.348 e. The number of carbonyl (C=O) groups excluding carboxylic acids is 1. The van der Waals surface area contributed by atoms with E-state index in [0.717, 1.165) is 24.1 Å². The van der Waals surface area contributed by atoms with E-state index in [1.54, 1.807) is 7.05 Å². The van der Waals surface area contributed by atoms with Gasteiger partial charge in [0.1, 0.15) is 5.65 Å². The third-order valence-corrected chi connectivity index (χ3v) is 4.19. The molecule has 3 heterocycles. The predicted octanol–water partition coefficient (Wildman–Crippen LogP) is -0.718. The molecule has 0 unspecified atom stereocenters. The molecule has 1 amide bonds. The Morgan fingerprint density at radius 2 is 2.12 bits per heavy atom. The van der Waals surface area contributed by atoms with Crippen LogP contribution in [0.5, 0.6) is 0 Å². The van der Waals surface area contributed by atoms with Gasteiger partial charge in [-0.1, -0.05) is 11.6 Å². The van der Waals surface area contributed by atoms with E-state index in [0.29, 0.717) is 12.1 Å². The first-order valence-electron chi connectivity index (χ1n) is 7.71. The van der Waals surface area contributed by atoms with Crippen LogP contribution in [-0.2, 0) is 14.1 Å². The number of nitrogens with one attached hydrogen (secondary N) is 2. The summed E-state index contributed by atoms with van der Waals surface area (Å²) in [7, 11) is 2.95. The lowest BCUT2D eigenvalue weighted by atomic mass is 10.1. The number of pyridine rings is 1. The quantitative estimate of drug-likeness (QED) is 0.725. The van der Waals surface area contributed by atoms with E-state index in [4.69, 9.17) is 0 Å². The van der Waals surface area contributed by atoms with Crippen LogP contribution in [0.1, 0.15) is 16.8 Å². The van der Waals surface area contributed by atoms with Crippen LogP contribution in [-0.4, -0.2) is 39.7 Å². The lowest BCUT2D eigenvalue weighted by Crippen LogP contribution is -2.37. The summed E-state index contributed by atoms with van der Waals surface area (Å²) in [4.78, 5) is 40.6. The summed E-state index contributed by atoms with van der Waals surface area (Å²) in [6.45, 7) is 2.19. The highest BCUT2D eigenvalue weighted by atomic mass is 16.2. The second-order valence-corrected chi connectivity index (χ2v) is 5.80. The molecule has 2 aromatic rings. The molecule has 8 nitrogen and oxygen atoms in total. The van der Waals surface area contributed by atoms with Crippen molar-refractivity contribution in [2.24, 2.45) is 14.1 Å². The molecule has 0 radical (unpaired) electrons. The van der Waals surface area contributed by atoms with Crippen molar-refractivity contribution < 1.29 is 4.79 Å². The van der Waals surface area contributed by atoms with Crippen LogP contribution >= 0.6 is 0 Å². The van der Waals surface area contributed by atoms with Crippen LogP contribution in [0.15, 0.2) is 33.5 Å². The predicted molar refractivity (Wildman–Crippen MR) is 90.1 cm³/mol. The van der Waals surface area contributed by atoms with E-state index in [-0.39, 0.29) is 16.9 Å². The van der Waals surface area contributed by atoms with Gasteiger partial charge >= 0.3 is 5.69 Å². The summed E-state index contributed by atoms with van der Waals surface area (Å²) in [6.07, 6.45) is 4.35. The highest BCUT2D eigenvalue weighted by Crippen LogP contribution is 2.08. The average Bonchev–Trinajstić information content (AvgIpc) is 2.63. The standard InChI is InChI=1S/C16H19N5O3/c1-20-13-12(15(23)21(2)16(20)24)7-11(9-18-13)14(22)19-8-10-3-5-17-6-4-10/h3,7,9,17H,4-6,8H2,1-2H3,(H,19,22). The van der Waals surface area contributed by atoms with Gasteiger partial charge in [0.05, 0.1) is 10.9 Å². The molecule has 3 rings (SSSR count). The summed E-state index contributed by atoms with van der Waals surface area (Å²) in [5.41, 5.74) is 0.828. The SMILES string of the molecule is Cn1c(=O)c2cc(C(=O)NCC3=CCNCC3)cnc2n(C)c1=O. The highest BCUT2D eigenvalue weighted by molar-refractivity contribution is 5.96. The number of nitrogens with zero attached hydrogens (tertiary/aromatic N) is 3. The van der Waals surface area contributed by atoms with Crippen LogP contribution in [0, 0.1) is 0 Å². The van der Waals surface area contributed by atoms with E-state index in [2.05, 4.69) is 21.7 Å². The van der Waals surface area contributed by atoms with Crippen LogP contribution in [0.2, 0.25) is 0 Å². The Balaban J connectivity index is 1.90. The molecule has 0 fully saturated rings. The lowest BCUT2D eigenvalue weighted by molar-refractivity contribution is 0.0956. The van der Waals surface area contributed by atoms with E-state index < -0.39 is 11.2 Å². The summed E-state index contributed by atoms with van der Waals surface area (Å²) in [6, 6.07) is 1.48. The van der Waals surface area contributed by atoms with Crippen molar-refractivity contribution >= 4 is 16.9 Å². The number of hydrogen-bond acceptors (Lipinski definition) is 5. The number of aryl methyl sites for hydroxylation is 1. The van der Waals surface area contributed by atoms with Gasteiger partial charge in [-0.15, -0.1) is 0 Å². The van der Waals surface area contributed by atoms with Gasteiger partial charge in [0.2, 0.25) is 0 Å². The molecule has 8 heteroatoms. The molecule has 0 aliphatic carbocycles. The summed E-state index contributed by atoms with van der Waals surface area (Å²) < 4.78 is 2.30. The fourth-order valence-corrected chi connectivity index (χ4v) is 2.72. The number of hydrogen-bond donors (Lipinski definition) is 2. The smallest absolute Gasteiger partial charge is 0.332 e. The average molecular weight is 329 g/mol. The van der Waals surface area contributed by atoms with Gasteiger partial charge in [-0.05, 0) is 19.0 Å². The second-order valence-electron chi connectivity index (χ2n) is 5.80. The molecule has 0 bridgehead atoms. The number of fused-ring (bicyclic) bond motifs is 1. The van der Waals surface area contributed by atoms with Crippen molar-refractivity contribution in [3.63, 3.8) is 0 Å². The normalized spacial score (nSPS) is 14.5. The number of carbonyl (C=O) groups is 1. The van der Waals surface area contributed by atoms with Crippen LogP contribution < -0.4 is 21.9 Å². The van der Waals surface area contributed by atoms with Gasteiger partial charge < -0.3 is 10.6 Å². The minimum atomic E-state index is -0.462. The first-order chi connectivity index (χ1) is 11.5. The van der Waals surface area contributed by atoms with Gasteiger partial charge in [-0.25, -0.2) is 9.78 Å². The number of rotatable bonds is 3. The Bertz CT molecular complexity index is 955. The molecule has 24 heavy (non-hydrogen) atoms. The zero-order valence-corrected chi connectivity index (χ0v) is 13.6. The minimum absolute atomic E-state index is 0.244. The zero-order chi connectivity index (χ0) is 17.3. The maximum absolute atomic E-state index is 12.3. The van der Waals surface area contributed by atoms with Crippen LogP contribution in [0.25, 0.3) is 11.0 Å². The molecule has 0 saturated heterocycles. The molecule has 1 aliphatic rings. The fraction of sp³-hybridized carbons (Fsp3) is 0.375. The third kappa shape index (κ3) is 2.88. The second kappa shape index (κ2) is 6.40. The first kappa shape index (κ1) is 16.1. The molecule has 0 spiro atoms. The van der Waals surface area contributed by atoms with Gasteiger partial charge in [0.15, 0.2) is 0 Å². The van der Waals surface area contributed by atoms with E-state index in [1.165, 1.54) is 29.5 Å². The molecule has 0 atom stereocenters. The topological polar surface area (TPSA) is 98.0 Å². The van der Waals surface area contributed by atoms with Crippen LogP contribution in [0.4, 0.5) is 0 Å². The minimum Gasteiger partial charge on any atom is -0.348 e. The zero-order valence-electron chi connectivity index (χ0n) is 13.6. The Hall–Kier alpha value is -2.74. The van der Waals surface area contributed by atoms with Crippen molar-refractivity contribution in [1.29, 1.82) is 0 Å². The van der Waals surface area contributed by atoms with E-state index in [9.17, 15) is 14.4 Å². The van der Waals surface area contributed by atoms with Gasteiger partial charge in [-0.3, -0.25) is 18.7 Å². The Morgan fingerprint density at radius 1 is 1.33 bits per heavy atom. The Morgan fingerprint density at radius 3 is 2.83 bits per heavy atom. The Kier molecular flexibility index (Phi) is 4.30. The molecule has 0 saturated carbocycles. The summed E-state index contributed by atoms with van der Waals surface area (Å²) in [5, 5.41) is 6.30.